The largest absolute Gasteiger partial charge is 0.358 e. The fraction of sp³-hybridized carbons (Fsp3) is 0.250. The number of carbonyl (C=O) groups excluding carboxylic acids is 1. The van der Waals surface area contributed by atoms with Gasteiger partial charge in [-0.15, -0.1) is 0 Å². The van der Waals surface area contributed by atoms with Crippen LogP contribution in [0.4, 0.5) is 5.69 Å². The average molecular weight is 396 g/mol. The summed E-state index contributed by atoms with van der Waals surface area (Å²) >= 11 is 0. The topological polar surface area (TPSA) is 80.9 Å². The van der Waals surface area contributed by atoms with E-state index in [-0.39, 0.29) is 17.1 Å². The van der Waals surface area contributed by atoms with Crippen molar-refractivity contribution in [2.24, 2.45) is 5.41 Å². The maximum absolute atomic E-state index is 13.4. The Morgan fingerprint density at radius 2 is 1.87 bits per heavy atom. The van der Waals surface area contributed by atoms with Crippen molar-refractivity contribution in [1.82, 2.24) is 15.3 Å². The van der Waals surface area contributed by atoms with Crippen LogP contribution in [-0.2, 0) is 4.79 Å². The molecule has 6 nitrogen and oxygen atoms in total. The van der Waals surface area contributed by atoms with Gasteiger partial charge in [-0.05, 0) is 63.6 Å². The van der Waals surface area contributed by atoms with E-state index in [0.29, 0.717) is 17.5 Å². The van der Waals surface area contributed by atoms with Crippen molar-refractivity contribution in [3.05, 3.63) is 71.1 Å². The monoisotopic (exact) mass is 396 g/mol. The number of hydrogen-bond donors (Lipinski definition) is 1. The Balaban J connectivity index is 1.67. The van der Waals surface area contributed by atoms with Crippen molar-refractivity contribution in [3.63, 3.8) is 0 Å². The van der Waals surface area contributed by atoms with E-state index in [4.69, 9.17) is 4.63 Å². The van der Waals surface area contributed by atoms with Gasteiger partial charge >= 0.3 is 0 Å². The van der Waals surface area contributed by atoms with Gasteiger partial charge in [0.1, 0.15) is 11.0 Å². The van der Waals surface area contributed by atoms with Crippen LogP contribution in [-0.4, -0.2) is 21.1 Å². The van der Waals surface area contributed by atoms with Crippen LogP contribution >= 0.6 is 0 Å². The minimum absolute atomic E-state index is 0.0661. The third-order valence-corrected chi connectivity index (χ3v) is 6.22. The number of pyridine rings is 1. The first-order chi connectivity index (χ1) is 14.5. The Labute approximate surface area is 173 Å². The third-order valence-electron chi connectivity index (χ3n) is 6.22. The lowest BCUT2D eigenvalue weighted by molar-refractivity contribution is -0.118. The molecule has 2 aromatic carbocycles. The molecule has 0 fully saturated rings. The Morgan fingerprint density at radius 1 is 1.03 bits per heavy atom. The SMILES string of the molecule is CC1(C)CC(=O)C2=C(C1)Nc1ccc3ncccc3c1C2c1ccc2nonc2c1. The second-order valence-electron chi connectivity index (χ2n) is 9.00. The minimum Gasteiger partial charge on any atom is -0.358 e. The molecular formula is C24H20N4O2. The minimum atomic E-state index is -0.186. The van der Waals surface area contributed by atoms with E-state index in [0.717, 1.165) is 45.4 Å². The zero-order valence-corrected chi connectivity index (χ0v) is 16.8. The van der Waals surface area contributed by atoms with E-state index >= 15 is 0 Å². The summed E-state index contributed by atoms with van der Waals surface area (Å²) in [5, 5.41) is 12.6. The highest BCUT2D eigenvalue weighted by atomic mass is 16.6. The van der Waals surface area contributed by atoms with Crippen LogP contribution in [0.3, 0.4) is 0 Å². The molecule has 6 rings (SSSR count). The van der Waals surface area contributed by atoms with E-state index in [2.05, 4.69) is 46.6 Å². The zero-order valence-electron chi connectivity index (χ0n) is 16.8. The maximum Gasteiger partial charge on any atom is 0.162 e. The summed E-state index contributed by atoms with van der Waals surface area (Å²) in [5.41, 5.74) is 7.26. The van der Waals surface area contributed by atoms with Gasteiger partial charge in [0.05, 0.1) is 5.52 Å². The van der Waals surface area contributed by atoms with Crippen molar-refractivity contribution in [2.45, 2.75) is 32.6 Å². The van der Waals surface area contributed by atoms with Crippen LogP contribution in [0, 0.1) is 5.41 Å². The van der Waals surface area contributed by atoms with Crippen molar-refractivity contribution in [1.29, 1.82) is 0 Å². The number of nitrogens with zero attached hydrogens (tertiary/aromatic N) is 3. The average Bonchev–Trinajstić information content (AvgIpc) is 3.19. The molecule has 2 aliphatic rings. The van der Waals surface area contributed by atoms with Crippen LogP contribution < -0.4 is 5.32 Å². The lowest BCUT2D eigenvalue weighted by atomic mass is 9.68. The Morgan fingerprint density at radius 3 is 2.77 bits per heavy atom. The number of allylic oxidation sites excluding steroid dienone is 2. The fourth-order valence-corrected chi connectivity index (χ4v) is 5.00. The lowest BCUT2D eigenvalue weighted by Gasteiger charge is -2.39. The van der Waals surface area contributed by atoms with Gasteiger partial charge < -0.3 is 5.32 Å². The molecule has 1 aliphatic carbocycles. The highest BCUT2D eigenvalue weighted by Crippen LogP contribution is 2.50. The summed E-state index contributed by atoms with van der Waals surface area (Å²) < 4.78 is 4.90. The summed E-state index contributed by atoms with van der Waals surface area (Å²) in [4.78, 5) is 18.0. The highest BCUT2D eigenvalue weighted by Gasteiger charge is 2.41. The molecule has 0 saturated heterocycles. The van der Waals surface area contributed by atoms with Gasteiger partial charge in [0, 0.05) is 40.9 Å². The molecule has 148 valence electrons. The molecular weight excluding hydrogens is 376 g/mol. The van der Waals surface area contributed by atoms with Gasteiger partial charge in [0.15, 0.2) is 5.78 Å². The zero-order chi connectivity index (χ0) is 20.5. The quantitative estimate of drug-likeness (QED) is 0.489. The molecule has 0 saturated carbocycles. The summed E-state index contributed by atoms with van der Waals surface area (Å²) in [6.07, 6.45) is 3.17. The Bertz CT molecular complexity index is 1380. The van der Waals surface area contributed by atoms with Crippen molar-refractivity contribution >= 4 is 33.4 Å². The van der Waals surface area contributed by atoms with Gasteiger partial charge in [0.25, 0.3) is 0 Å². The molecule has 30 heavy (non-hydrogen) atoms. The second kappa shape index (κ2) is 5.98. The first-order valence-corrected chi connectivity index (χ1v) is 10.1. The number of ketones is 1. The van der Waals surface area contributed by atoms with E-state index < -0.39 is 0 Å². The molecule has 2 aromatic heterocycles. The summed E-state index contributed by atoms with van der Waals surface area (Å²) in [5.74, 6) is 0.0116. The Kier molecular flexibility index (Phi) is 3.46. The third kappa shape index (κ3) is 2.49. The van der Waals surface area contributed by atoms with Gasteiger partial charge in [0.2, 0.25) is 0 Å². The van der Waals surface area contributed by atoms with Gasteiger partial charge in [-0.25, -0.2) is 4.63 Å². The highest BCUT2D eigenvalue weighted by molar-refractivity contribution is 6.04. The number of anilines is 1. The molecule has 1 N–H and O–H groups in total. The molecule has 1 unspecified atom stereocenters. The van der Waals surface area contributed by atoms with Crippen molar-refractivity contribution in [3.8, 4) is 0 Å². The molecule has 3 heterocycles. The number of Topliss-reactive ketones (excluding diaryl/α,β-unsaturated/α-hetero) is 1. The van der Waals surface area contributed by atoms with Crippen molar-refractivity contribution in [2.75, 3.05) is 5.32 Å². The molecule has 1 aliphatic heterocycles. The summed E-state index contributed by atoms with van der Waals surface area (Å²) in [6.45, 7) is 4.30. The van der Waals surface area contributed by atoms with Crippen LogP contribution in [0.1, 0.15) is 43.7 Å². The van der Waals surface area contributed by atoms with Crippen LogP contribution in [0.15, 0.2) is 64.6 Å². The number of rotatable bonds is 1. The predicted octanol–water partition coefficient (Wildman–Crippen LogP) is 4.97. The predicted molar refractivity (Wildman–Crippen MR) is 114 cm³/mol. The lowest BCUT2D eigenvalue weighted by Crippen LogP contribution is -2.33. The molecule has 4 aromatic rings. The van der Waals surface area contributed by atoms with E-state index in [1.54, 1.807) is 6.20 Å². The molecule has 0 spiro atoms. The second-order valence-corrected chi connectivity index (χ2v) is 9.00. The van der Waals surface area contributed by atoms with Crippen LogP contribution in [0.2, 0.25) is 0 Å². The molecule has 6 heteroatoms. The van der Waals surface area contributed by atoms with E-state index in [9.17, 15) is 4.79 Å². The number of benzene rings is 2. The normalized spacial score (nSPS) is 20.2. The first-order valence-electron chi connectivity index (χ1n) is 10.1. The maximum atomic E-state index is 13.4. The van der Waals surface area contributed by atoms with Crippen LogP contribution in [0.25, 0.3) is 21.9 Å². The molecule has 0 bridgehead atoms. The first kappa shape index (κ1) is 17.3. The standard InChI is InChI=1S/C24H20N4O2/c1-24(2)11-19-23(20(29)12-24)21(13-5-6-16-18(10-13)28-30-27-16)22-14-4-3-9-25-15(14)7-8-17(22)26-19/h3-10,21,26H,11-12H2,1-2H3. The van der Waals surface area contributed by atoms with Gasteiger partial charge in [-0.2, -0.15) is 0 Å². The van der Waals surface area contributed by atoms with Crippen LogP contribution in [0.5, 0.6) is 0 Å². The number of nitrogens with one attached hydrogen (secondary N) is 1. The van der Waals surface area contributed by atoms with Gasteiger partial charge in [-0.3, -0.25) is 9.78 Å². The fourth-order valence-electron chi connectivity index (χ4n) is 5.00. The number of hydrogen-bond acceptors (Lipinski definition) is 6. The molecule has 1 atom stereocenters. The van der Waals surface area contributed by atoms with Crippen molar-refractivity contribution < 1.29 is 9.42 Å². The smallest absolute Gasteiger partial charge is 0.162 e. The molecule has 0 amide bonds. The summed E-state index contributed by atoms with van der Waals surface area (Å²) in [7, 11) is 0. The molecule has 0 radical (unpaired) electrons. The van der Waals surface area contributed by atoms with E-state index in [1.165, 1.54) is 0 Å². The summed E-state index contributed by atoms with van der Waals surface area (Å²) in [6, 6.07) is 14.0. The number of aromatic nitrogens is 3. The Hall–Kier alpha value is -3.54. The number of carbonyl (C=O) groups is 1. The van der Waals surface area contributed by atoms with Gasteiger partial charge in [-0.1, -0.05) is 26.0 Å². The number of fused-ring (bicyclic) bond motifs is 4. The van der Waals surface area contributed by atoms with E-state index in [1.807, 2.05) is 30.3 Å².